The first-order valence-electron chi connectivity index (χ1n) is 2.33. The van der Waals surface area contributed by atoms with Crippen LogP contribution in [0.1, 0.15) is 6.42 Å². The van der Waals surface area contributed by atoms with Gasteiger partial charge in [0.05, 0.1) is 6.54 Å². The third-order valence-corrected chi connectivity index (χ3v) is 1.21. The number of hydroxylamine groups is 2. The molecule has 0 fully saturated rings. The van der Waals surface area contributed by atoms with Crippen molar-refractivity contribution >= 4 is 23.5 Å². The molecule has 0 saturated heterocycles. The molecule has 0 aliphatic carbocycles. The molecule has 1 heterocycles. The maximum Gasteiger partial charge on any atom is 0.219 e. The van der Waals surface area contributed by atoms with Gasteiger partial charge in [0.15, 0.2) is 0 Å². The molecule has 0 atom stereocenters. The van der Waals surface area contributed by atoms with Gasteiger partial charge >= 0.3 is 0 Å². The van der Waals surface area contributed by atoms with Gasteiger partial charge in [-0.3, -0.25) is 5.21 Å². The average molecular weight is 130 g/mol. The molecule has 0 bridgehead atoms. The Balaban J connectivity index is 2.60. The fourth-order valence-corrected chi connectivity index (χ4v) is 0.651. The predicted octanol–water partition coefficient (Wildman–Crippen LogP) is 0.437. The Morgan fingerprint density at radius 2 is 2.62 bits per heavy atom. The van der Waals surface area contributed by atoms with E-state index in [2.05, 4.69) is 17.2 Å². The van der Waals surface area contributed by atoms with Crippen LogP contribution in [0.4, 0.5) is 0 Å². The van der Waals surface area contributed by atoms with Crippen molar-refractivity contribution < 1.29 is 5.21 Å². The van der Waals surface area contributed by atoms with Crippen molar-refractivity contribution in [3.8, 4) is 0 Å². The molecule has 3 nitrogen and oxygen atoms in total. The van der Waals surface area contributed by atoms with Gasteiger partial charge in [-0.2, -0.15) is 0 Å². The summed E-state index contributed by atoms with van der Waals surface area (Å²) in [5, 5.41) is 9.98. The van der Waals surface area contributed by atoms with Gasteiger partial charge in [-0.1, -0.05) is 0 Å². The maximum atomic E-state index is 8.76. The lowest BCUT2D eigenvalue weighted by atomic mass is 10.4. The first-order chi connectivity index (χ1) is 3.80. The topological polar surface area (TPSA) is 35.8 Å². The maximum absolute atomic E-state index is 8.76. The van der Waals surface area contributed by atoms with Gasteiger partial charge in [0.1, 0.15) is 0 Å². The zero-order valence-electron chi connectivity index (χ0n) is 4.24. The minimum atomic E-state index is 0.260. The van der Waals surface area contributed by atoms with Crippen LogP contribution in [-0.2, 0) is 0 Å². The zero-order chi connectivity index (χ0) is 5.98. The van der Waals surface area contributed by atoms with Crippen molar-refractivity contribution in [1.29, 1.82) is 0 Å². The second-order valence-electron chi connectivity index (χ2n) is 1.51. The Morgan fingerprint density at radius 3 is 3.00 bits per heavy atom. The van der Waals surface area contributed by atoms with Crippen molar-refractivity contribution in [2.45, 2.75) is 6.42 Å². The van der Waals surface area contributed by atoms with Crippen LogP contribution in [0, 0.1) is 0 Å². The third-order valence-electron chi connectivity index (χ3n) is 0.893. The van der Waals surface area contributed by atoms with Crippen LogP contribution in [0.2, 0.25) is 0 Å². The van der Waals surface area contributed by atoms with E-state index in [0.717, 1.165) is 11.5 Å². The van der Waals surface area contributed by atoms with Crippen LogP contribution in [-0.4, -0.2) is 28.1 Å². The number of aliphatic imine (C=N–C) groups is 1. The summed E-state index contributed by atoms with van der Waals surface area (Å²) in [7, 11) is 0. The molecule has 4 heteroatoms. The molecular formula is C4H6N2OS. The van der Waals surface area contributed by atoms with Gasteiger partial charge in [0.2, 0.25) is 5.11 Å². The van der Waals surface area contributed by atoms with Crippen molar-refractivity contribution in [1.82, 2.24) is 5.06 Å². The number of hydrogen-bond acceptors (Lipinski definition) is 2. The highest BCUT2D eigenvalue weighted by atomic mass is 32.1. The Bertz CT molecular complexity index is 134. The highest BCUT2D eigenvalue weighted by molar-refractivity contribution is 7.80. The lowest BCUT2D eigenvalue weighted by Crippen LogP contribution is -2.28. The SMILES string of the molecule is ON1CCC=NC1=S. The summed E-state index contributed by atoms with van der Waals surface area (Å²) in [5.74, 6) is 0. The molecule has 1 aliphatic rings. The first kappa shape index (κ1) is 5.65. The molecule has 0 saturated carbocycles. The van der Waals surface area contributed by atoms with Crippen LogP contribution in [0.3, 0.4) is 0 Å². The van der Waals surface area contributed by atoms with E-state index >= 15 is 0 Å². The molecule has 8 heavy (non-hydrogen) atoms. The van der Waals surface area contributed by atoms with Crippen molar-refractivity contribution in [2.75, 3.05) is 6.54 Å². The summed E-state index contributed by atoms with van der Waals surface area (Å²) in [6, 6.07) is 0. The van der Waals surface area contributed by atoms with E-state index in [4.69, 9.17) is 5.21 Å². The normalized spacial score (nSPS) is 19.6. The minimum Gasteiger partial charge on any atom is -0.286 e. The molecule has 0 aromatic heterocycles. The van der Waals surface area contributed by atoms with E-state index < -0.39 is 0 Å². The van der Waals surface area contributed by atoms with Crippen LogP contribution in [0.5, 0.6) is 0 Å². The summed E-state index contributed by atoms with van der Waals surface area (Å²) >= 11 is 4.61. The molecule has 1 rings (SSSR count). The van der Waals surface area contributed by atoms with Crippen molar-refractivity contribution in [3.63, 3.8) is 0 Å². The standard InChI is InChI=1S/C4H6N2OS/c7-6-3-1-2-5-4(6)8/h2,7H,1,3H2. The lowest BCUT2D eigenvalue weighted by Gasteiger charge is -2.15. The molecular weight excluding hydrogens is 124 g/mol. The summed E-state index contributed by atoms with van der Waals surface area (Å²) in [5.41, 5.74) is 0. The molecule has 0 spiro atoms. The van der Waals surface area contributed by atoms with E-state index in [0.29, 0.717) is 6.54 Å². The molecule has 44 valence electrons. The van der Waals surface area contributed by atoms with Gasteiger partial charge in [-0.15, -0.1) is 0 Å². The highest BCUT2D eigenvalue weighted by Gasteiger charge is 2.05. The van der Waals surface area contributed by atoms with Crippen LogP contribution >= 0.6 is 12.2 Å². The Morgan fingerprint density at radius 1 is 1.88 bits per heavy atom. The van der Waals surface area contributed by atoms with Gasteiger partial charge in [-0.05, 0) is 12.2 Å². The smallest absolute Gasteiger partial charge is 0.219 e. The molecule has 0 aromatic carbocycles. The molecule has 0 aromatic rings. The predicted molar refractivity (Wildman–Crippen MR) is 34.2 cm³/mol. The Hall–Kier alpha value is -0.480. The van der Waals surface area contributed by atoms with E-state index in [-0.39, 0.29) is 5.11 Å². The second-order valence-corrected chi connectivity index (χ2v) is 1.87. The first-order valence-corrected chi connectivity index (χ1v) is 2.74. The van der Waals surface area contributed by atoms with E-state index in [9.17, 15) is 0 Å². The van der Waals surface area contributed by atoms with Gasteiger partial charge in [0, 0.05) is 12.6 Å². The lowest BCUT2D eigenvalue weighted by molar-refractivity contribution is -0.0116. The Kier molecular flexibility index (Phi) is 1.55. The van der Waals surface area contributed by atoms with E-state index in [1.807, 2.05) is 0 Å². The average Bonchev–Trinajstić information content (AvgIpc) is 1.77. The van der Waals surface area contributed by atoms with E-state index in [1.165, 1.54) is 0 Å². The minimum absolute atomic E-state index is 0.260. The number of rotatable bonds is 0. The number of nitrogens with zero attached hydrogens (tertiary/aromatic N) is 2. The zero-order valence-corrected chi connectivity index (χ0v) is 5.06. The molecule has 0 radical (unpaired) electrons. The second kappa shape index (κ2) is 2.19. The van der Waals surface area contributed by atoms with Crippen LogP contribution in [0.15, 0.2) is 4.99 Å². The van der Waals surface area contributed by atoms with Gasteiger partial charge in [0.25, 0.3) is 0 Å². The van der Waals surface area contributed by atoms with Gasteiger partial charge < -0.3 is 0 Å². The van der Waals surface area contributed by atoms with Crippen molar-refractivity contribution in [3.05, 3.63) is 0 Å². The Labute approximate surface area is 52.6 Å². The number of hydrogen-bond donors (Lipinski definition) is 1. The fraction of sp³-hybridized carbons (Fsp3) is 0.500. The molecule has 0 unspecified atom stereocenters. The van der Waals surface area contributed by atoms with E-state index in [1.54, 1.807) is 6.21 Å². The highest BCUT2D eigenvalue weighted by Crippen LogP contribution is 1.95. The summed E-state index contributed by atoms with van der Waals surface area (Å²) < 4.78 is 0. The summed E-state index contributed by atoms with van der Waals surface area (Å²) in [6.07, 6.45) is 2.48. The van der Waals surface area contributed by atoms with Crippen molar-refractivity contribution in [2.24, 2.45) is 4.99 Å². The molecule has 1 aliphatic heterocycles. The molecule has 1 N–H and O–H groups in total. The summed E-state index contributed by atoms with van der Waals surface area (Å²) in [6.45, 7) is 0.572. The molecule has 0 amide bonds. The van der Waals surface area contributed by atoms with Crippen LogP contribution < -0.4 is 0 Å². The largest absolute Gasteiger partial charge is 0.286 e. The van der Waals surface area contributed by atoms with Crippen LogP contribution in [0.25, 0.3) is 0 Å². The fourth-order valence-electron chi connectivity index (χ4n) is 0.485. The third kappa shape index (κ3) is 1.02. The van der Waals surface area contributed by atoms with Gasteiger partial charge in [-0.25, -0.2) is 10.1 Å². The number of thiocarbonyl (C=S) groups is 1. The quantitative estimate of drug-likeness (QED) is 0.483. The summed E-state index contributed by atoms with van der Waals surface area (Å²) in [4.78, 5) is 3.69. The monoisotopic (exact) mass is 130 g/mol.